The average Bonchev–Trinajstić information content (AvgIpc) is 2.42. The van der Waals surface area contributed by atoms with Crippen molar-refractivity contribution in [3.63, 3.8) is 0 Å². The summed E-state index contributed by atoms with van der Waals surface area (Å²) in [7, 11) is 1.69. The van der Waals surface area contributed by atoms with Crippen molar-refractivity contribution in [2.45, 2.75) is 18.7 Å². The molecule has 2 aromatic carbocycles. The summed E-state index contributed by atoms with van der Waals surface area (Å²) in [6, 6.07) is 14.2. The van der Waals surface area contributed by atoms with Gasteiger partial charge in [-0.15, -0.1) is 11.6 Å². The number of hydrogen-bond donors (Lipinski definition) is 0. The lowest BCUT2D eigenvalue weighted by Crippen LogP contribution is -1.99. The summed E-state index contributed by atoms with van der Waals surface area (Å²) in [4.78, 5) is 0. The normalized spacial score (nSPS) is 12.2. The van der Waals surface area contributed by atoms with Crippen LogP contribution in [0, 0.1) is 6.92 Å². The number of ether oxygens (including phenoxy) is 1. The molecule has 0 aromatic heterocycles. The van der Waals surface area contributed by atoms with Crippen LogP contribution in [0.4, 0.5) is 0 Å². The largest absolute Gasteiger partial charge is 0.496 e. The van der Waals surface area contributed by atoms with Crippen LogP contribution in [0.5, 0.6) is 5.75 Å². The zero-order chi connectivity index (χ0) is 13.8. The van der Waals surface area contributed by atoms with Gasteiger partial charge in [-0.2, -0.15) is 0 Å². The van der Waals surface area contributed by atoms with Crippen molar-refractivity contribution < 1.29 is 4.74 Å². The maximum atomic E-state index is 6.52. The van der Waals surface area contributed by atoms with Crippen molar-refractivity contribution in [1.82, 2.24) is 0 Å². The van der Waals surface area contributed by atoms with Gasteiger partial charge in [0.25, 0.3) is 0 Å². The van der Waals surface area contributed by atoms with Crippen LogP contribution in [0.3, 0.4) is 0 Å². The molecule has 0 saturated heterocycles. The minimum Gasteiger partial charge on any atom is -0.496 e. The second-order valence-corrected chi connectivity index (χ2v) is 5.87. The Morgan fingerprint density at radius 1 is 1.21 bits per heavy atom. The maximum Gasteiger partial charge on any atom is 0.122 e. The van der Waals surface area contributed by atoms with E-state index in [1.165, 1.54) is 5.56 Å². The van der Waals surface area contributed by atoms with Crippen LogP contribution in [0.15, 0.2) is 46.9 Å². The summed E-state index contributed by atoms with van der Waals surface area (Å²) in [6.07, 6.45) is 0.757. The van der Waals surface area contributed by atoms with Crippen molar-refractivity contribution >= 4 is 27.5 Å². The number of halogens is 2. The Balaban J connectivity index is 2.20. The Labute approximate surface area is 127 Å². The van der Waals surface area contributed by atoms with Gasteiger partial charge in [-0.25, -0.2) is 0 Å². The molecule has 0 bridgehead atoms. The van der Waals surface area contributed by atoms with Crippen LogP contribution in [-0.2, 0) is 6.42 Å². The number of aryl methyl sites for hydroxylation is 1. The van der Waals surface area contributed by atoms with Crippen LogP contribution >= 0.6 is 27.5 Å². The van der Waals surface area contributed by atoms with Gasteiger partial charge >= 0.3 is 0 Å². The van der Waals surface area contributed by atoms with E-state index in [1.807, 2.05) is 24.3 Å². The molecule has 0 aliphatic heterocycles. The van der Waals surface area contributed by atoms with Crippen LogP contribution in [0.2, 0.25) is 0 Å². The van der Waals surface area contributed by atoms with Gasteiger partial charge in [0.1, 0.15) is 5.75 Å². The fraction of sp³-hybridized carbons (Fsp3) is 0.250. The van der Waals surface area contributed by atoms with E-state index >= 15 is 0 Å². The van der Waals surface area contributed by atoms with Gasteiger partial charge in [-0.3, -0.25) is 0 Å². The summed E-state index contributed by atoms with van der Waals surface area (Å²) in [5, 5.41) is -0.0527. The lowest BCUT2D eigenvalue weighted by Gasteiger charge is -2.14. The lowest BCUT2D eigenvalue weighted by molar-refractivity contribution is 0.409. The number of hydrogen-bond acceptors (Lipinski definition) is 1. The fourth-order valence-electron chi connectivity index (χ4n) is 2.05. The minimum absolute atomic E-state index is 0.0527. The molecule has 0 N–H and O–H groups in total. The molecule has 100 valence electrons. The van der Waals surface area contributed by atoms with Crippen molar-refractivity contribution in [2.75, 3.05) is 7.11 Å². The van der Waals surface area contributed by atoms with E-state index < -0.39 is 0 Å². The van der Waals surface area contributed by atoms with E-state index in [4.69, 9.17) is 16.3 Å². The SMILES string of the molecule is COc1ccccc1CC(Cl)c1ccc(Br)c(C)c1. The lowest BCUT2D eigenvalue weighted by atomic mass is 10.0. The summed E-state index contributed by atoms with van der Waals surface area (Å²) in [5.74, 6) is 0.891. The van der Waals surface area contributed by atoms with E-state index in [9.17, 15) is 0 Å². The standard InChI is InChI=1S/C16H16BrClO/c1-11-9-12(7-8-14(11)17)15(18)10-13-5-3-4-6-16(13)19-2/h3-9,15H,10H2,1-2H3. The first kappa shape index (κ1) is 14.4. The second kappa shape index (κ2) is 6.44. The third-order valence-electron chi connectivity index (χ3n) is 3.14. The van der Waals surface area contributed by atoms with Crippen LogP contribution in [-0.4, -0.2) is 7.11 Å². The van der Waals surface area contributed by atoms with Gasteiger partial charge in [0.2, 0.25) is 0 Å². The van der Waals surface area contributed by atoms with E-state index in [0.29, 0.717) is 0 Å². The van der Waals surface area contributed by atoms with Crippen LogP contribution < -0.4 is 4.74 Å². The van der Waals surface area contributed by atoms with E-state index in [-0.39, 0.29) is 5.38 Å². The van der Waals surface area contributed by atoms with Crippen molar-refractivity contribution in [3.8, 4) is 5.75 Å². The monoisotopic (exact) mass is 338 g/mol. The third kappa shape index (κ3) is 3.52. The highest BCUT2D eigenvalue weighted by Crippen LogP contribution is 2.31. The molecule has 0 radical (unpaired) electrons. The molecule has 0 heterocycles. The Morgan fingerprint density at radius 2 is 1.95 bits per heavy atom. The summed E-state index contributed by atoms with van der Waals surface area (Å²) in [5.41, 5.74) is 3.46. The van der Waals surface area contributed by atoms with Gasteiger partial charge < -0.3 is 4.74 Å². The molecule has 0 saturated carbocycles. The van der Waals surface area contributed by atoms with Crippen LogP contribution in [0.25, 0.3) is 0 Å². The molecule has 0 amide bonds. The van der Waals surface area contributed by atoms with Crippen LogP contribution in [0.1, 0.15) is 22.1 Å². The first-order valence-electron chi connectivity index (χ1n) is 6.14. The Kier molecular flexibility index (Phi) is 4.89. The molecule has 0 aliphatic carbocycles. The number of alkyl halides is 1. The second-order valence-electron chi connectivity index (χ2n) is 4.49. The summed E-state index contributed by atoms with van der Waals surface area (Å²) >= 11 is 10.0. The van der Waals surface area contributed by atoms with E-state index in [1.54, 1.807) is 7.11 Å². The minimum atomic E-state index is -0.0527. The molecular formula is C16H16BrClO. The van der Waals surface area contributed by atoms with E-state index in [0.717, 1.165) is 27.8 Å². The maximum absolute atomic E-state index is 6.52. The number of para-hydroxylation sites is 1. The highest BCUT2D eigenvalue weighted by Gasteiger charge is 2.12. The van der Waals surface area contributed by atoms with Gasteiger partial charge in [-0.05, 0) is 42.2 Å². The summed E-state index contributed by atoms with van der Waals surface area (Å²) < 4.78 is 6.47. The van der Waals surface area contributed by atoms with Crippen molar-refractivity contribution in [1.29, 1.82) is 0 Å². The quantitative estimate of drug-likeness (QED) is 0.688. The van der Waals surface area contributed by atoms with E-state index in [2.05, 4.69) is 41.1 Å². The average molecular weight is 340 g/mol. The number of benzene rings is 2. The number of methoxy groups -OCH3 is 1. The molecule has 0 spiro atoms. The predicted octanol–water partition coefficient (Wildman–Crippen LogP) is 5.29. The van der Waals surface area contributed by atoms with Crippen molar-refractivity contribution in [2.24, 2.45) is 0 Å². The molecule has 0 aliphatic rings. The predicted molar refractivity (Wildman–Crippen MR) is 84.2 cm³/mol. The molecule has 1 nitrogen and oxygen atoms in total. The van der Waals surface area contributed by atoms with Gasteiger partial charge in [0, 0.05) is 4.47 Å². The third-order valence-corrected chi connectivity index (χ3v) is 4.43. The molecule has 19 heavy (non-hydrogen) atoms. The Hall–Kier alpha value is -0.990. The first-order chi connectivity index (χ1) is 9.11. The topological polar surface area (TPSA) is 9.23 Å². The first-order valence-corrected chi connectivity index (χ1v) is 7.36. The zero-order valence-corrected chi connectivity index (χ0v) is 13.3. The smallest absolute Gasteiger partial charge is 0.122 e. The molecule has 3 heteroatoms. The molecule has 0 fully saturated rings. The highest BCUT2D eigenvalue weighted by molar-refractivity contribution is 9.10. The Morgan fingerprint density at radius 3 is 2.63 bits per heavy atom. The Bertz CT molecular complexity index is 568. The van der Waals surface area contributed by atoms with Gasteiger partial charge in [0.05, 0.1) is 12.5 Å². The van der Waals surface area contributed by atoms with Gasteiger partial charge in [0.15, 0.2) is 0 Å². The molecule has 2 rings (SSSR count). The van der Waals surface area contributed by atoms with Crippen molar-refractivity contribution in [3.05, 3.63) is 63.6 Å². The number of rotatable bonds is 4. The highest BCUT2D eigenvalue weighted by atomic mass is 79.9. The molecule has 1 atom stereocenters. The summed E-state index contributed by atoms with van der Waals surface area (Å²) in [6.45, 7) is 2.07. The van der Waals surface area contributed by atoms with Gasteiger partial charge in [-0.1, -0.05) is 46.3 Å². The molecule has 1 unspecified atom stereocenters. The fourth-order valence-corrected chi connectivity index (χ4v) is 2.59. The molecular weight excluding hydrogens is 324 g/mol. The zero-order valence-electron chi connectivity index (χ0n) is 11.0. The molecule has 2 aromatic rings.